The molecule has 1 aliphatic heterocycles. The molecule has 2 aliphatic rings. The molecular weight excluding hydrogens is 224 g/mol. The first-order valence-electron chi connectivity index (χ1n) is 7.32. The summed E-state index contributed by atoms with van der Waals surface area (Å²) in [6.07, 6.45) is 11.4. The zero-order chi connectivity index (χ0) is 12.2. The lowest BCUT2D eigenvalue weighted by Crippen LogP contribution is -2.38. The number of rotatable bonds is 6. The molecule has 2 fully saturated rings. The molecule has 0 amide bonds. The van der Waals surface area contributed by atoms with Gasteiger partial charge in [-0.05, 0) is 44.7 Å². The number of piperidine rings is 1. The van der Waals surface area contributed by atoms with E-state index in [1.807, 2.05) is 12.5 Å². The summed E-state index contributed by atoms with van der Waals surface area (Å²) in [5.41, 5.74) is 0. The molecule has 1 aromatic rings. The number of aromatic nitrogens is 2. The zero-order valence-corrected chi connectivity index (χ0v) is 11.1. The Morgan fingerprint density at radius 1 is 1.22 bits per heavy atom. The van der Waals surface area contributed by atoms with Crippen molar-refractivity contribution in [1.29, 1.82) is 0 Å². The Kier molecular flexibility index (Phi) is 3.96. The maximum absolute atomic E-state index is 4.11. The second kappa shape index (κ2) is 5.85. The van der Waals surface area contributed by atoms with E-state index in [4.69, 9.17) is 0 Å². The van der Waals surface area contributed by atoms with Crippen LogP contribution in [0.3, 0.4) is 0 Å². The summed E-state index contributed by atoms with van der Waals surface area (Å²) in [6, 6.07) is 0.878. The van der Waals surface area contributed by atoms with Gasteiger partial charge in [0, 0.05) is 38.1 Å². The molecule has 1 aliphatic carbocycles. The Balaban J connectivity index is 1.48. The van der Waals surface area contributed by atoms with Gasteiger partial charge in [-0.3, -0.25) is 4.90 Å². The summed E-state index contributed by atoms with van der Waals surface area (Å²) >= 11 is 0. The third kappa shape index (κ3) is 3.33. The third-order valence-corrected chi connectivity index (χ3v) is 4.22. The van der Waals surface area contributed by atoms with Crippen molar-refractivity contribution in [3.63, 3.8) is 0 Å². The lowest BCUT2D eigenvalue weighted by Gasteiger charge is -2.30. The quantitative estimate of drug-likeness (QED) is 0.825. The number of nitrogens with one attached hydrogen (secondary N) is 1. The normalized spacial score (nSPS) is 21.6. The molecule has 2 heterocycles. The molecule has 0 spiro atoms. The van der Waals surface area contributed by atoms with Crippen LogP contribution in [0.5, 0.6) is 0 Å². The highest BCUT2D eigenvalue weighted by Crippen LogP contribution is 2.28. The molecule has 100 valence electrons. The van der Waals surface area contributed by atoms with Crippen LogP contribution in [-0.2, 0) is 6.54 Å². The molecule has 0 unspecified atom stereocenters. The van der Waals surface area contributed by atoms with E-state index in [1.165, 1.54) is 51.9 Å². The van der Waals surface area contributed by atoms with Crippen LogP contribution in [-0.4, -0.2) is 46.7 Å². The van der Waals surface area contributed by atoms with E-state index in [1.54, 1.807) is 0 Å². The van der Waals surface area contributed by atoms with E-state index >= 15 is 0 Å². The van der Waals surface area contributed by atoms with Crippen molar-refractivity contribution in [1.82, 2.24) is 19.8 Å². The average Bonchev–Trinajstić information content (AvgIpc) is 3.12. The number of nitrogens with zero attached hydrogens (tertiary/aromatic N) is 3. The fraction of sp³-hybridized carbons (Fsp3) is 0.786. The van der Waals surface area contributed by atoms with Crippen LogP contribution in [0.15, 0.2) is 18.7 Å². The van der Waals surface area contributed by atoms with Crippen LogP contribution >= 0.6 is 0 Å². The molecule has 1 N–H and O–H groups in total. The van der Waals surface area contributed by atoms with Gasteiger partial charge in [0.05, 0.1) is 6.33 Å². The van der Waals surface area contributed by atoms with Crippen LogP contribution in [0, 0.1) is 5.92 Å². The SMILES string of the molecule is c1cn(CCN(CC2CCNCC2)C2CC2)cn1. The molecule has 1 aromatic heterocycles. The highest BCUT2D eigenvalue weighted by atomic mass is 15.2. The van der Waals surface area contributed by atoms with E-state index in [0.717, 1.165) is 18.5 Å². The van der Waals surface area contributed by atoms with Crippen LogP contribution < -0.4 is 5.32 Å². The number of imidazole rings is 1. The predicted octanol–water partition coefficient (Wildman–Crippen LogP) is 1.35. The molecule has 0 aromatic carbocycles. The van der Waals surface area contributed by atoms with Gasteiger partial charge in [0.2, 0.25) is 0 Å². The Hall–Kier alpha value is -0.870. The smallest absolute Gasteiger partial charge is 0.0946 e. The summed E-state index contributed by atoms with van der Waals surface area (Å²) in [6.45, 7) is 6.00. The summed E-state index contributed by atoms with van der Waals surface area (Å²) in [7, 11) is 0. The Morgan fingerprint density at radius 3 is 2.72 bits per heavy atom. The summed E-state index contributed by atoms with van der Waals surface area (Å²) in [4.78, 5) is 6.83. The summed E-state index contributed by atoms with van der Waals surface area (Å²) in [5, 5.41) is 3.46. The molecule has 4 nitrogen and oxygen atoms in total. The van der Waals surface area contributed by atoms with Crippen LogP contribution in [0.4, 0.5) is 0 Å². The first-order chi connectivity index (χ1) is 8.92. The lowest BCUT2D eigenvalue weighted by molar-refractivity contribution is 0.191. The van der Waals surface area contributed by atoms with Crippen LogP contribution in [0.1, 0.15) is 25.7 Å². The molecule has 3 rings (SSSR count). The minimum absolute atomic E-state index is 0.878. The zero-order valence-electron chi connectivity index (χ0n) is 11.1. The highest BCUT2D eigenvalue weighted by Gasteiger charge is 2.30. The first kappa shape index (κ1) is 12.2. The van der Waals surface area contributed by atoms with Gasteiger partial charge in [-0.1, -0.05) is 0 Å². The van der Waals surface area contributed by atoms with E-state index in [-0.39, 0.29) is 0 Å². The number of hydrogen-bond donors (Lipinski definition) is 1. The fourth-order valence-electron chi connectivity index (χ4n) is 2.92. The first-order valence-corrected chi connectivity index (χ1v) is 7.32. The van der Waals surface area contributed by atoms with Crippen molar-refractivity contribution >= 4 is 0 Å². The van der Waals surface area contributed by atoms with Gasteiger partial charge in [0.25, 0.3) is 0 Å². The molecule has 1 saturated carbocycles. The maximum Gasteiger partial charge on any atom is 0.0946 e. The Bertz CT molecular complexity index is 339. The third-order valence-electron chi connectivity index (χ3n) is 4.22. The van der Waals surface area contributed by atoms with Gasteiger partial charge in [0.15, 0.2) is 0 Å². The molecule has 18 heavy (non-hydrogen) atoms. The monoisotopic (exact) mass is 248 g/mol. The molecule has 0 radical (unpaired) electrons. The van der Waals surface area contributed by atoms with Crippen molar-refractivity contribution in [3.8, 4) is 0 Å². The Morgan fingerprint density at radius 2 is 2.06 bits per heavy atom. The minimum Gasteiger partial charge on any atom is -0.336 e. The highest BCUT2D eigenvalue weighted by molar-refractivity contribution is 4.87. The Labute approximate surface area is 109 Å². The molecule has 0 bridgehead atoms. The summed E-state index contributed by atoms with van der Waals surface area (Å²) in [5.74, 6) is 0.912. The van der Waals surface area contributed by atoms with Gasteiger partial charge >= 0.3 is 0 Å². The second-order valence-corrected chi connectivity index (χ2v) is 5.72. The number of hydrogen-bond acceptors (Lipinski definition) is 3. The van der Waals surface area contributed by atoms with Crippen LogP contribution in [0.2, 0.25) is 0 Å². The topological polar surface area (TPSA) is 33.1 Å². The standard InChI is InChI=1S/C14H24N4/c1-2-14(1)18(10-9-17-8-7-16-12-17)11-13-3-5-15-6-4-13/h7-8,12-15H,1-6,9-11H2. The predicted molar refractivity (Wildman–Crippen MR) is 72.4 cm³/mol. The van der Waals surface area contributed by atoms with Crippen LogP contribution in [0.25, 0.3) is 0 Å². The minimum atomic E-state index is 0.878. The van der Waals surface area contributed by atoms with Crippen molar-refractivity contribution in [2.24, 2.45) is 5.92 Å². The second-order valence-electron chi connectivity index (χ2n) is 5.72. The van der Waals surface area contributed by atoms with Crippen molar-refractivity contribution in [3.05, 3.63) is 18.7 Å². The van der Waals surface area contributed by atoms with Gasteiger partial charge in [-0.2, -0.15) is 0 Å². The fourth-order valence-corrected chi connectivity index (χ4v) is 2.92. The lowest BCUT2D eigenvalue weighted by atomic mass is 9.97. The van der Waals surface area contributed by atoms with Gasteiger partial charge in [-0.15, -0.1) is 0 Å². The maximum atomic E-state index is 4.11. The van der Waals surface area contributed by atoms with Gasteiger partial charge in [0.1, 0.15) is 0 Å². The average molecular weight is 248 g/mol. The van der Waals surface area contributed by atoms with E-state index in [2.05, 4.69) is 26.0 Å². The molecular formula is C14H24N4. The van der Waals surface area contributed by atoms with Gasteiger partial charge < -0.3 is 9.88 Å². The van der Waals surface area contributed by atoms with Gasteiger partial charge in [-0.25, -0.2) is 4.98 Å². The largest absolute Gasteiger partial charge is 0.336 e. The van der Waals surface area contributed by atoms with E-state index in [9.17, 15) is 0 Å². The van der Waals surface area contributed by atoms with Crippen molar-refractivity contribution < 1.29 is 0 Å². The summed E-state index contributed by atoms with van der Waals surface area (Å²) < 4.78 is 2.19. The van der Waals surface area contributed by atoms with Crippen molar-refractivity contribution in [2.75, 3.05) is 26.2 Å². The van der Waals surface area contributed by atoms with Crippen molar-refractivity contribution in [2.45, 2.75) is 38.3 Å². The molecule has 1 saturated heterocycles. The van der Waals surface area contributed by atoms with E-state index < -0.39 is 0 Å². The molecule has 0 atom stereocenters. The molecule has 4 heteroatoms. The van der Waals surface area contributed by atoms with E-state index in [0.29, 0.717) is 0 Å².